The van der Waals surface area contributed by atoms with E-state index in [2.05, 4.69) is 10.3 Å². The average molecular weight is 260 g/mol. The molecule has 0 atom stereocenters. The van der Waals surface area contributed by atoms with Gasteiger partial charge in [-0.15, -0.1) is 0 Å². The Labute approximate surface area is 110 Å². The first-order chi connectivity index (χ1) is 9.11. The minimum Gasteiger partial charge on any atom is -0.508 e. The van der Waals surface area contributed by atoms with E-state index >= 15 is 0 Å². The summed E-state index contributed by atoms with van der Waals surface area (Å²) in [5, 5.41) is 12.6. The van der Waals surface area contributed by atoms with Crippen molar-refractivity contribution in [1.82, 2.24) is 9.55 Å². The predicted molar refractivity (Wildman–Crippen MR) is 74.0 cm³/mol. The van der Waals surface area contributed by atoms with Gasteiger partial charge in [0, 0.05) is 36.7 Å². The first-order valence-electron chi connectivity index (χ1n) is 5.98. The van der Waals surface area contributed by atoms with Crippen LogP contribution in [0.2, 0.25) is 0 Å². The fourth-order valence-electron chi connectivity index (χ4n) is 1.74. The molecule has 0 saturated heterocycles. The van der Waals surface area contributed by atoms with Crippen LogP contribution in [0.5, 0.6) is 5.75 Å². The monoisotopic (exact) mass is 260 g/mol. The SMILES string of the molecule is CCn1ccnc(NCc2cc(N)ccc2O)c1=O. The van der Waals surface area contributed by atoms with Gasteiger partial charge in [-0.2, -0.15) is 0 Å². The number of rotatable bonds is 4. The summed E-state index contributed by atoms with van der Waals surface area (Å²) in [6.45, 7) is 2.75. The third-order valence-corrected chi connectivity index (χ3v) is 2.80. The number of anilines is 2. The van der Waals surface area contributed by atoms with Crippen molar-refractivity contribution in [2.24, 2.45) is 0 Å². The quantitative estimate of drug-likeness (QED) is 0.566. The first-order valence-corrected chi connectivity index (χ1v) is 5.98. The number of aromatic hydroxyl groups is 1. The minimum atomic E-state index is -0.187. The number of aryl methyl sites for hydroxylation is 1. The number of nitrogens with two attached hydrogens (primary N) is 1. The summed E-state index contributed by atoms with van der Waals surface area (Å²) in [5.41, 5.74) is 6.64. The number of benzene rings is 1. The molecular formula is C13H16N4O2. The van der Waals surface area contributed by atoms with E-state index in [0.717, 1.165) is 0 Å². The third-order valence-electron chi connectivity index (χ3n) is 2.80. The molecule has 0 unspecified atom stereocenters. The molecule has 1 heterocycles. The van der Waals surface area contributed by atoms with Crippen LogP contribution in [0.1, 0.15) is 12.5 Å². The zero-order chi connectivity index (χ0) is 13.8. The highest BCUT2D eigenvalue weighted by molar-refractivity contribution is 5.48. The molecule has 0 aliphatic rings. The summed E-state index contributed by atoms with van der Waals surface area (Å²) in [7, 11) is 0. The van der Waals surface area contributed by atoms with Gasteiger partial charge < -0.3 is 20.7 Å². The highest BCUT2D eigenvalue weighted by Gasteiger charge is 2.06. The van der Waals surface area contributed by atoms with Gasteiger partial charge >= 0.3 is 0 Å². The third kappa shape index (κ3) is 2.85. The predicted octanol–water partition coefficient (Wildman–Crippen LogP) is 1.16. The largest absolute Gasteiger partial charge is 0.508 e. The van der Waals surface area contributed by atoms with Crippen molar-refractivity contribution in [3.05, 3.63) is 46.5 Å². The fourth-order valence-corrected chi connectivity index (χ4v) is 1.74. The summed E-state index contributed by atoms with van der Waals surface area (Å²) in [4.78, 5) is 15.9. The van der Waals surface area contributed by atoms with Crippen LogP contribution in [-0.2, 0) is 13.1 Å². The van der Waals surface area contributed by atoms with Gasteiger partial charge in [-0.3, -0.25) is 4.79 Å². The summed E-state index contributed by atoms with van der Waals surface area (Å²) < 4.78 is 1.55. The van der Waals surface area contributed by atoms with Crippen molar-refractivity contribution >= 4 is 11.5 Å². The van der Waals surface area contributed by atoms with Gasteiger partial charge in [-0.05, 0) is 25.1 Å². The molecule has 0 amide bonds. The Balaban J connectivity index is 2.19. The van der Waals surface area contributed by atoms with Crippen molar-refractivity contribution in [2.45, 2.75) is 20.0 Å². The van der Waals surface area contributed by atoms with Gasteiger partial charge in [0.2, 0.25) is 0 Å². The fraction of sp³-hybridized carbons (Fsp3) is 0.231. The van der Waals surface area contributed by atoms with E-state index in [4.69, 9.17) is 5.73 Å². The molecule has 0 spiro atoms. The topological polar surface area (TPSA) is 93.2 Å². The van der Waals surface area contributed by atoms with Crippen molar-refractivity contribution in [2.75, 3.05) is 11.1 Å². The molecule has 0 aliphatic heterocycles. The number of nitrogen functional groups attached to an aromatic ring is 1. The number of nitrogens with one attached hydrogen (secondary N) is 1. The maximum Gasteiger partial charge on any atom is 0.293 e. The van der Waals surface area contributed by atoms with Crippen LogP contribution in [0, 0.1) is 0 Å². The standard InChI is InChI=1S/C13H16N4O2/c1-2-17-6-5-15-12(13(17)19)16-8-9-7-10(14)3-4-11(9)18/h3-7,18H,2,8,14H2,1H3,(H,15,16). The van der Waals surface area contributed by atoms with Crippen molar-refractivity contribution in [3.8, 4) is 5.75 Å². The Bertz CT molecular complexity index is 637. The molecule has 0 radical (unpaired) electrons. The lowest BCUT2D eigenvalue weighted by molar-refractivity contribution is 0.469. The van der Waals surface area contributed by atoms with Crippen molar-refractivity contribution in [1.29, 1.82) is 0 Å². The van der Waals surface area contributed by atoms with E-state index in [1.165, 1.54) is 6.07 Å². The molecule has 2 rings (SSSR count). The van der Waals surface area contributed by atoms with E-state index in [1.54, 1.807) is 29.1 Å². The van der Waals surface area contributed by atoms with Crippen LogP contribution < -0.4 is 16.6 Å². The molecule has 4 N–H and O–H groups in total. The smallest absolute Gasteiger partial charge is 0.293 e. The lowest BCUT2D eigenvalue weighted by atomic mass is 10.2. The highest BCUT2D eigenvalue weighted by atomic mass is 16.3. The van der Waals surface area contributed by atoms with Gasteiger partial charge in [-0.1, -0.05) is 0 Å². The van der Waals surface area contributed by atoms with E-state index in [0.29, 0.717) is 17.8 Å². The lowest BCUT2D eigenvalue weighted by Crippen LogP contribution is -2.23. The van der Waals surface area contributed by atoms with Crippen molar-refractivity contribution in [3.63, 3.8) is 0 Å². The van der Waals surface area contributed by atoms with E-state index < -0.39 is 0 Å². The number of phenols is 1. The Kier molecular flexibility index (Phi) is 3.70. The maximum atomic E-state index is 11.9. The summed E-state index contributed by atoms with van der Waals surface area (Å²) in [6, 6.07) is 4.79. The molecule has 1 aromatic heterocycles. The van der Waals surface area contributed by atoms with E-state index in [-0.39, 0.29) is 23.7 Å². The summed E-state index contributed by atoms with van der Waals surface area (Å²) in [6.07, 6.45) is 3.19. The average Bonchev–Trinajstić information content (AvgIpc) is 2.41. The second kappa shape index (κ2) is 5.43. The minimum absolute atomic E-state index is 0.133. The summed E-state index contributed by atoms with van der Waals surface area (Å²) >= 11 is 0. The summed E-state index contributed by atoms with van der Waals surface area (Å²) in [5.74, 6) is 0.389. The molecule has 6 nitrogen and oxygen atoms in total. The second-order valence-electron chi connectivity index (χ2n) is 4.11. The molecule has 0 saturated carbocycles. The molecule has 0 bridgehead atoms. The maximum absolute atomic E-state index is 11.9. The van der Waals surface area contributed by atoms with Gasteiger partial charge in [0.1, 0.15) is 5.75 Å². The van der Waals surface area contributed by atoms with Gasteiger partial charge in [0.15, 0.2) is 5.82 Å². The number of hydrogen-bond acceptors (Lipinski definition) is 5. The number of aromatic nitrogens is 2. The Morgan fingerprint density at radius 3 is 3.00 bits per heavy atom. The van der Waals surface area contributed by atoms with Crippen LogP contribution in [0.4, 0.5) is 11.5 Å². The zero-order valence-electron chi connectivity index (χ0n) is 10.6. The van der Waals surface area contributed by atoms with Gasteiger partial charge in [0.25, 0.3) is 5.56 Å². The second-order valence-corrected chi connectivity index (χ2v) is 4.11. The number of phenolic OH excluding ortho intramolecular Hbond substituents is 1. The van der Waals surface area contributed by atoms with Crippen LogP contribution in [0.15, 0.2) is 35.4 Å². The Hall–Kier alpha value is -2.50. The first kappa shape index (κ1) is 12.9. The molecule has 6 heteroatoms. The molecular weight excluding hydrogens is 244 g/mol. The van der Waals surface area contributed by atoms with Gasteiger partial charge in [-0.25, -0.2) is 4.98 Å². The molecule has 2 aromatic rings. The molecule has 100 valence electrons. The Morgan fingerprint density at radius 1 is 1.47 bits per heavy atom. The molecule has 19 heavy (non-hydrogen) atoms. The molecule has 0 aliphatic carbocycles. The highest BCUT2D eigenvalue weighted by Crippen LogP contribution is 2.20. The van der Waals surface area contributed by atoms with Crippen LogP contribution in [-0.4, -0.2) is 14.7 Å². The Morgan fingerprint density at radius 2 is 2.26 bits per heavy atom. The molecule has 1 aromatic carbocycles. The van der Waals surface area contributed by atoms with Gasteiger partial charge in [0.05, 0.1) is 0 Å². The zero-order valence-corrected chi connectivity index (χ0v) is 10.6. The van der Waals surface area contributed by atoms with Crippen molar-refractivity contribution < 1.29 is 5.11 Å². The molecule has 0 fully saturated rings. The lowest BCUT2D eigenvalue weighted by Gasteiger charge is -2.09. The van der Waals surface area contributed by atoms with Crippen LogP contribution in [0.3, 0.4) is 0 Å². The number of nitrogens with zero attached hydrogens (tertiary/aromatic N) is 2. The normalized spacial score (nSPS) is 10.4. The van der Waals surface area contributed by atoms with E-state index in [1.807, 2.05) is 6.92 Å². The van der Waals surface area contributed by atoms with Crippen LogP contribution in [0.25, 0.3) is 0 Å². The van der Waals surface area contributed by atoms with Crippen LogP contribution >= 0.6 is 0 Å². The number of hydrogen-bond donors (Lipinski definition) is 3. The van der Waals surface area contributed by atoms with E-state index in [9.17, 15) is 9.90 Å².